The number of carbonyl (C=O) groups is 1. The SMILES string of the molecule is CCN(CC)S(=O)(=O)c1ccc(OCC(=O)Nc2cc(C)ccc2C)c(Cl)c1. The summed E-state index contributed by atoms with van der Waals surface area (Å²) in [6, 6.07) is 10.0. The van der Waals surface area contributed by atoms with Crippen molar-refractivity contribution in [2.24, 2.45) is 0 Å². The van der Waals surface area contributed by atoms with Crippen LogP contribution in [0.5, 0.6) is 5.75 Å². The van der Waals surface area contributed by atoms with Crippen LogP contribution in [0.1, 0.15) is 25.0 Å². The molecule has 1 amide bonds. The van der Waals surface area contributed by atoms with E-state index in [1.807, 2.05) is 32.0 Å². The number of nitrogens with zero attached hydrogens (tertiary/aromatic N) is 1. The molecule has 28 heavy (non-hydrogen) atoms. The molecule has 0 saturated heterocycles. The summed E-state index contributed by atoms with van der Waals surface area (Å²) >= 11 is 6.18. The third kappa shape index (κ3) is 5.25. The van der Waals surface area contributed by atoms with Crippen LogP contribution in [-0.2, 0) is 14.8 Å². The van der Waals surface area contributed by atoms with E-state index in [9.17, 15) is 13.2 Å². The molecule has 0 aromatic heterocycles. The zero-order valence-corrected chi connectivity index (χ0v) is 18.0. The Hall–Kier alpha value is -2.09. The van der Waals surface area contributed by atoms with Gasteiger partial charge in [-0.2, -0.15) is 4.31 Å². The van der Waals surface area contributed by atoms with Crippen molar-refractivity contribution in [2.75, 3.05) is 25.0 Å². The number of ether oxygens (including phenoxy) is 1. The Morgan fingerprint density at radius 1 is 1.11 bits per heavy atom. The van der Waals surface area contributed by atoms with Crippen LogP contribution >= 0.6 is 11.6 Å². The van der Waals surface area contributed by atoms with Gasteiger partial charge in [0.15, 0.2) is 6.61 Å². The number of carbonyl (C=O) groups excluding carboxylic acids is 1. The highest BCUT2D eigenvalue weighted by Crippen LogP contribution is 2.29. The molecule has 0 atom stereocenters. The van der Waals surface area contributed by atoms with Crippen LogP contribution in [0.4, 0.5) is 5.69 Å². The van der Waals surface area contributed by atoms with Gasteiger partial charge >= 0.3 is 0 Å². The van der Waals surface area contributed by atoms with E-state index in [1.165, 1.54) is 22.5 Å². The van der Waals surface area contributed by atoms with Gasteiger partial charge in [0.1, 0.15) is 5.75 Å². The van der Waals surface area contributed by atoms with Gasteiger partial charge in [0, 0.05) is 18.8 Å². The van der Waals surface area contributed by atoms with Crippen molar-refractivity contribution < 1.29 is 17.9 Å². The summed E-state index contributed by atoms with van der Waals surface area (Å²) in [5.41, 5.74) is 2.71. The Labute approximate surface area is 171 Å². The highest BCUT2D eigenvalue weighted by Gasteiger charge is 2.22. The van der Waals surface area contributed by atoms with Gasteiger partial charge in [-0.15, -0.1) is 0 Å². The van der Waals surface area contributed by atoms with Gasteiger partial charge < -0.3 is 10.1 Å². The summed E-state index contributed by atoms with van der Waals surface area (Å²) in [7, 11) is -3.61. The monoisotopic (exact) mass is 424 g/mol. The molecular weight excluding hydrogens is 400 g/mol. The molecule has 0 heterocycles. The third-order valence-electron chi connectivity index (χ3n) is 4.27. The minimum atomic E-state index is -3.61. The number of hydrogen-bond acceptors (Lipinski definition) is 4. The molecule has 0 aliphatic carbocycles. The van der Waals surface area contributed by atoms with Gasteiger partial charge in [-0.3, -0.25) is 4.79 Å². The van der Waals surface area contributed by atoms with Crippen LogP contribution in [0, 0.1) is 13.8 Å². The molecule has 6 nitrogen and oxygen atoms in total. The van der Waals surface area contributed by atoms with E-state index in [4.69, 9.17) is 16.3 Å². The van der Waals surface area contributed by atoms with E-state index in [2.05, 4.69) is 5.32 Å². The fraction of sp³-hybridized carbons (Fsp3) is 0.350. The number of hydrogen-bond donors (Lipinski definition) is 1. The van der Waals surface area contributed by atoms with Crippen molar-refractivity contribution in [1.82, 2.24) is 4.31 Å². The van der Waals surface area contributed by atoms with Crippen LogP contribution in [0.15, 0.2) is 41.3 Å². The molecule has 0 radical (unpaired) electrons. The van der Waals surface area contributed by atoms with E-state index in [-0.39, 0.29) is 28.2 Å². The summed E-state index contributed by atoms with van der Waals surface area (Å²) < 4.78 is 31.9. The largest absolute Gasteiger partial charge is 0.482 e. The maximum Gasteiger partial charge on any atom is 0.262 e. The number of sulfonamides is 1. The number of amides is 1. The van der Waals surface area contributed by atoms with E-state index in [0.29, 0.717) is 13.1 Å². The molecule has 0 fully saturated rings. The van der Waals surface area contributed by atoms with Gasteiger partial charge in [-0.25, -0.2) is 8.42 Å². The van der Waals surface area contributed by atoms with Crippen molar-refractivity contribution in [1.29, 1.82) is 0 Å². The maximum absolute atomic E-state index is 12.5. The van der Waals surface area contributed by atoms with Crippen molar-refractivity contribution in [3.05, 3.63) is 52.5 Å². The average molecular weight is 425 g/mol. The molecule has 8 heteroatoms. The summed E-state index contributed by atoms with van der Waals surface area (Å²) in [4.78, 5) is 12.3. The number of nitrogens with one attached hydrogen (secondary N) is 1. The molecule has 152 valence electrons. The topological polar surface area (TPSA) is 75.7 Å². The lowest BCUT2D eigenvalue weighted by molar-refractivity contribution is -0.118. The molecule has 2 aromatic carbocycles. The highest BCUT2D eigenvalue weighted by molar-refractivity contribution is 7.89. The number of aryl methyl sites for hydroxylation is 2. The molecule has 0 unspecified atom stereocenters. The van der Waals surface area contributed by atoms with Crippen LogP contribution in [0.25, 0.3) is 0 Å². The van der Waals surface area contributed by atoms with Crippen molar-refractivity contribution in [3.8, 4) is 5.75 Å². The molecule has 0 saturated carbocycles. The maximum atomic E-state index is 12.5. The number of halogens is 1. The molecular formula is C20H25ClN2O4S. The Kier molecular flexibility index (Phi) is 7.46. The molecule has 0 bridgehead atoms. The van der Waals surface area contributed by atoms with Crippen LogP contribution < -0.4 is 10.1 Å². The van der Waals surface area contributed by atoms with Gasteiger partial charge in [0.05, 0.1) is 9.92 Å². The minimum Gasteiger partial charge on any atom is -0.482 e. The number of benzene rings is 2. The first-order chi connectivity index (χ1) is 13.2. The minimum absolute atomic E-state index is 0.0911. The standard InChI is InChI=1S/C20H25ClN2O4S/c1-5-23(6-2)28(25,26)16-9-10-19(17(21)12-16)27-13-20(24)22-18-11-14(3)7-8-15(18)4/h7-12H,5-6,13H2,1-4H3,(H,22,24). The summed E-state index contributed by atoms with van der Waals surface area (Å²) in [5, 5.41) is 2.93. The second-order valence-electron chi connectivity index (χ2n) is 6.34. The highest BCUT2D eigenvalue weighted by atomic mass is 35.5. The Balaban J connectivity index is 2.07. The molecule has 2 rings (SSSR count). The Bertz CT molecular complexity index is 957. The zero-order valence-electron chi connectivity index (χ0n) is 16.5. The normalized spacial score (nSPS) is 11.5. The Morgan fingerprint density at radius 3 is 2.39 bits per heavy atom. The lowest BCUT2D eigenvalue weighted by atomic mass is 10.1. The smallest absolute Gasteiger partial charge is 0.262 e. The molecule has 2 aromatic rings. The third-order valence-corrected chi connectivity index (χ3v) is 6.61. The van der Waals surface area contributed by atoms with Gasteiger partial charge in [0.2, 0.25) is 10.0 Å². The first-order valence-corrected chi connectivity index (χ1v) is 10.8. The van der Waals surface area contributed by atoms with Crippen LogP contribution in [0.3, 0.4) is 0 Å². The van der Waals surface area contributed by atoms with E-state index >= 15 is 0 Å². The van der Waals surface area contributed by atoms with Crippen molar-refractivity contribution in [2.45, 2.75) is 32.6 Å². The fourth-order valence-corrected chi connectivity index (χ4v) is 4.46. The second kappa shape index (κ2) is 9.41. The predicted molar refractivity (Wildman–Crippen MR) is 112 cm³/mol. The van der Waals surface area contributed by atoms with E-state index in [0.717, 1.165) is 16.8 Å². The van der Waals surface area contributed by atoms with E-state index in [1.54, 1.807) is 13.8 Å². The zero-order chi connectivity index (χ0) is 20.9. The van der Waals surface area contributed by atoms with Gasteiger partial charge in [-0.1, -0.05) is 37.6 Å². The molecule has 0 spiro atoms. The van der Waals surface area contributed by atoms with Gasteiger partial charge in [-0.05, 0) is 49.2 Å². The first kappa shape index (κ1) is 22.2. The van der Waals surface area contributed by atoms with Crippen molar-refractivity contribution >= 4 is 33.2 Å². The van der Waals surface area contributed by atoms with Gasteiger partial charge in [0.25, 0.3) is 5.91 Å². The molecule has 0 aliphatic heterocycles. The fourth-order valence-electron chi connectivity index (χ4n) is 2.67. The van der Waals surface area contributed by atoms with E-state index < -0.39 is 10.0 Å². The Morgan fingerprint density at radius 2 is 1.79 bits per heavy atom. The predicted octanol–water partition coefficient (Wildman–Crippen LogP) is 4.00. The average Bonchev–Trinajstić information content (AvgIpc) is 2.64. The van der Waals surface area contributed by atoms with Crippen LogP contribution in [-0.4, -0.2) is 38.3 Å². The lowest BCUT2D eigenvalue weighted by Gasteiger charge is -2.19. The van der Waals surface area contributed by atoms with Crippen LogP contribution in [0.2, 0.25) is 5.02 Å². The molecule has 0 aliphatic rings. The number of anilines is 1. The number of rotatable bonds is 8. The summed E-state index contributed by atoms with van der Waals surface area (Å²) in [5.74, 6) is -0.0825. The summed E-state index contributed by atoms with van der Waals surface area (Å²) in [6.45, 7) is 7.89. The quantitative estimate of drug-likeness (QED) is 0.694. The first-order valence-electron chi connectivity index (χ1n) is 8.98. The van der Waals surface area contributed by atoms with Crippen molar-refractivity contribution in [3.63, 3.8) is 0 Å². The summed E-state index contributed by atoms with van der Waals surface area (Å²) in [6.07, 6.45) is 0. The molecule has 1 N–H and O–H groups in total. The second-order valence-corrected chi connectivity index (χ2v) is 8.68. The lowest BCUT2D eigenvalue weighted by Crippen LogP contribution is -2.30.